The smallest absolute Gasteiger partial charge is 0.314 e. The molecule has 4 aromatic rings. The van der Waals surface area contributed by atoms with Gasteiger partial charge >= 0.3 is 5.97 Å². The van der Waals surface area contributed by atoms with Crippen molar-refractivity contribution in [3.63, 3.8) is 0 Å². The van der Waals surface area contributed by atoms with Gasteiger partial charge in [-0.3, -0.25) is 9.59 Å². The molecule has 30 heavy (non-hydrogen) atoms. The van der Waals surface area contributed by atoms with Crippen LogP contribution in [0.25, 0.3) is 4.96 Å². The standard InChI is InChI=1S/C22H18ClN3O3S/c1-14-25-26-20(27)12-18(24-22(26)30-14)13-29-21(28)19(11-15-5-3-2-4-6-15)16-7-9-17(23)10-8-16/h2-10,12,19H,11,13H2,1H3. The van der Waals surface area contributed by atoms with Gasteiger partial charge in [-0.2, -0.15) is 9.61 Å². The number of carbonyl (C=O) groups is 1. The average Bonchev–Trinajstić information content (AvgIpc) is 3.13. The van der Waals surface area contributed by atoms with Gasteiger partial charge in [-0.1, -0.05) is 65.4 Å². The summed E-state index contributed by atoms with van der Waals surface area (Å²) in [5.74, 6) is -0.885. The van der Waals surface area contributed by atoms with Crippen molar-refractivity contribution in [3.8, 4) is 0 Å². The second-order valence-electron chi connectivity index (χ2n) is 6.80. The summed E-state index contributed by atoms with van der Waals surface area (Å²) in [4.78, 5) is 30.0. The molecule has 0 saturated carbocycles. The SMILES string of the molecule is Cc1nn2c(=O)cc(COC(=O)C(Cc3ccccc3)c3ccc(Cl)cc3)nc2s1. The summed E-state index contributed by atoms with van der Waals surface area (Å²) < 4.78 is 6.81. The van der Waals surface area contributed by atoms with Crippen molar-refractivity contribution in [3.05, 3.63) is 97.9 Å². The van der Waals surface area contributed by atoms with Crippen LogP contribution in [0.3, 0.4) is 0 Å². The van der Waals surface area contributed by atoms with Crippen LogP contribution >= 0.6 is 22.9 Å². The molecule has 2 aromatic carbocycles. The van der Waals surface area contributed by atoms with E-state index in [4.69, 9.17) is 16.3 Å². The minimum absolute atomic E-state index is 0.0829. The Bertz CT molecular complexity index is 1240. The predicted molar refractivity (Wildman–Crippen MR) is 116 cm³/mol. The molecular weight excluding hydrogens is 422 g/mol. The largest absolute Gasteiger partial charge is 0.459 e. The topological polar surface area (TPSA) is 73.6 Å². The molecule has 0 aliphatic heterocycles. The van der Waals surface area contributed by atoms with Crippen LogP contribution in [0.5, 0.6) is 0 Å². The second kappa shape index (κ2) is 8.77. The van der Waals surface area contributed by atoms with Gasteiger partial charge in [-0.15, -0.1) is 0 Å². The lowest BCUT2D eigenvalue weighted by atomic mass is 9.92. The van der Waals surface area contributed by atoms with Crippen molar-refractivity contribution >= 4 is 33.9 Å². The first-order chi connectivity index (χ1) is 14.5. The number of benzene rings is 2. The Labute approximate surface area is 181 Å². The van der Waals surface area contributed by atoms with Crippen LogP contribution in [-0.2, 0) is 22.6 Å². The van der Waals surface area contributed by atoms with Crippen LogP contribution in [0.2, 0.25) is 5.02 Å². The minimum atomic E-state index is -0.500. The van der Waals surface area contributed by atoms with Crippen molar-refractivity contribution in [2.24, 2.45) is 0 Å². The lowest BCUT2D eigenvalue weighted by Crippen LogP contribution is -2.20. The van der Waals surface area contributed by atoms with Gasteiger partial charge in [-0.05, 0) is 36.6 Å². The predicted octanol–water partition coefficient (Wildman–Crippen LogP) is 4.18. The Kier molecular flexibility index (Phi) is 5.92. The van der Waals surface area contributed by atoms with Crippen molar-refractivity contribution in [2.75, 3.05) is 0 Å². The number of nitrogens with zero attached hydrogens (tertiary/aromatic N) is 3. The zero-order chi connectivity index (χ0) is 21.1. The molecular formula is C22H18ClN3O3S. The highest BCUT2D eigenvalue weighted by molar-refractivity contribution is 7.16. The first-order valence-electron chi connectivity index (χ1n) is 9.32. The van der Waals surface area contributed by atoms with Crippen molar-refractivity contribution < 1.29 is 9.53 Å². The van der Waals surface area contributed by atoms with E-state index in [2.05, 4.69) is 10.1 Å². The first kappa shape index (κ1) is 20.3. The number of hydrogen-bond acceptors (Lipinski definition) is 6. The van der Waals surface area contributed by atoms with Gasteiger partial charge in [0.1, 0.15) is 11.6 Å². The summed E-state index contributed by atoms with van der Waals surface area (Å²) in [6.07, 6.45) is 0.491. The Balaban J connectivity index is 1.55. The lowest BCUT2D eigenvalue weighted by molar-refractivity contribution is -0.147. The molecule has 1 unspecified atom stereocenters. The highest BCUT2D eigenvalue weighted by atomic mass is 35.5. The van der Waals surface area contributed by atoms with Crippen LogP contribution < -0.4 is 5.56 Å². The van der Waals surface area contributed by atoms with E-state index in [-0.39, 0.29) is 18.1 Å². The van der Waals surface area contributed by atoms with Gasteiger partial charge in [0.2, 0.25) is 4.96 Å². The maximum Gasteiger partial charge on any atom is 0.314 e. The Morgan fingerprint density at radius 3 is 2.63 bits per heavy atom. The van der Waals surface area contributed by atoms with Gasteiger partial charge in [-0.25, -0.2) is 4.98 Å². The fourth-order valence-electron chi connectivity index (χ4n) is 3.15. The number of fused-ring (bicyclic) bond motifs is 1. The van der Waals surface area contributed by atoms with Crippen LogP contribution in [0, 0.1) is 6.92 Å². The zero-order valence-electron chi connectivity index (χ0n) is 16.1. The first-order valence-corrected chi connectivity index (χ1v) is 10.5. The van der Waals surface area contributed by atoms with Gasteiger partial charge in [0, 0.05) is 11.1 Å². The Morgan fingerprint density at radius 1 is 1.17 bits per heavy atom. The number of ether oxygens (including phenoxy) is 1. The summed E-state index contributed by atoms with van der Waals surface area (Å²) in [5.41, 5.74) is 1.93. The number of carbonyl (C=O) groups excluding carboxylic acids is 1. The molecule has 152 valence electrons. The van der Waals surface area contributed by atoms with E-state index in [1.807, 2.05) is 42.5 Å². The third-order valence-electron chi connectivity index (χ3n) is 4.60. The Morgan fingerprint density at radius 2 is 1.90 bits per heavy atom. The zero-order valence-corrected chi connectivity index (χ0v) is 17.7. The molecule has 4 rings (SSSR count). The molecule has 0 fully saturated rings. The van der Waals surface area contributed by atoms with Gasteiger partial charge in [0.25, 0.3) is 5.56 Å². The summed E-state index contributed by atoms with van der Waals surface area (Å²) in [5, 5.41) is 5.45. The molecule has 0 bridgehead atoms. The number of hydrogen-bond donors (Lipinski definition) is 0. The van der Waals surface area contributed by atoms with Gasteiger partial charge < -0.3 is 4.74 Å². The fourth-order valence-corrected chi connectivity index (χ4v) is 4.05. The number of aryl methyl sites for hydroxylation is 1. The molecule has 0 radical (unpaired) electrons. The van der Waals surface area contributed by atoms with E-state index in [9.17, 15) is 9.59 Å². The van der Waals surface area contributed by atoms with E-state index in [0.29, 0.717) is 22.1 Å². The number of halogens is 1. The maximum atomic E-state index is 13.0. The normalized spacial score (nSPS) is 12.1. The summed E-state index contributed by atoms with van der Waals surface area (Å²) >= 11 is 7.31. The van der Waals surface area contributed by atoms with E-state index in [1.165, 1.54) is 21.9 Å². The maximum absolute atomic E-state index is 13.0. The molecule has 0 saturated heterocycles. The van der Waals surface area contributed by atoms with Crippen molar-refractivity contribution in [1.29, 1.82) is 0 Å². The monoisotopic (exact) mass is 439 g/mol. The van der Waals surface area contributed by atoms with Crippen molar-refractivity contribution in [2.45, 2.75) is 25.9 Å². The van der Waals surface area contributed by atoms with Crippen LogP contribution in [0.15, 0.2) is 65.5 Å². The van der Waals surface area contributed by atoms with Gasteiger partial charge in [0.15, 0.2) is 0 Å². The molecule has 0 aliphatic rings. The van der Waals surface area contributed by atoms with E-state index < -0.39 is 5.92 Å². The van der Waals surface area contributed by atoms with Crippen LogP contribution in [0.4, 0.5) is 0 Å². The van der Waals surface area contributed by atoms with Crippen LogP contribution in [0.1, 0.15) is 27.7 Å². The van der Waals surface area contributed by atoms with Gasteiger partial charge in [0.05, 0.1) is 11.6 Å². The third-order valence-corrected chi connectivity index (χ3v) is 5.68. The summed E-state index contributed by atoms with van der Waals surface area (Å²) in [6, 6.07) is 18.2. The molecule has 1 atom stereocenters. The van der Waals surface area contributed by atoms with E-state index in [0.717, 1.165) is 16.1 Å². The molecule has 2 aromatic heterocycles. The average molecular weight is 440 g/mol. The minimum Gasteiger partial charge on any atom is -0.459 e. The van der Waals surface area contributed by atoms with Crippen molar-refractivity contribution in [1.82, 2.24) is 14.6 Å². The molecule has 6 nitrogen and oxygen atoms in total. The quantitative estimate of drug-likeness (QED) is 0.421. The van der Waals surface area contributed by atoms with E-state index >= 15 is 0 Å². The Hall–Kier alpha value is -3.03. The fraction of sp³-hybridized carbons (Fsp3) is 0.182. The molecule has 0 amide bonds. The number of rotatable bonds is 6. The number of aromatic nitrogens is 3. The van der Waals surface area contributed by atoms with E-state index in [1.54, 1.807) is 19.1 Å². The molecule has 0 N–H and O–H groups in total. The lowest BCUT2D eigenvalue weighted by Gasteiger charge is -2.17. The summed E-state index contributed by atoms with van der Waals surface area (Å²) in [7, 11) is 0. The molecule has 8 heteroatoms. The molecule has 2 heterocycles. The second-order valence-corrected chi connectivity index (χ2v) is 8.40. The van der Waals surface area contributed by atoms with Crippen LogP contribution in [-0.4, -0.2) is 20.6 Å². The summed E-state index contributed by atoms with van der Waals surface area (Å²) in [6.45, 7) is 1.72. The third kappa shape index (κ3) is 4.58. The molecule has 0 spiro atoms. The number of esters is 1. The highest BCUT2D eigenvalue weighted by Crippen LogP contribution is 2.25. The highest BCUT2D eigenvalue weighted by Gasteiger charge is 2.23. The molecule has 0 aliphatic carbocycles.